The molecule has 0 aliphatic carbocycles. The maximum Gasteiger partial charge on any atom is 0.195 e. The molecule has 0 saturated heterocycles. The molecular weight excluding hydrogens is 258 g/mol. The second kappa shape index (κ2) is 6.09. The second-order valence-electron chi connectivity index (χ2n) is 2.92. The third kappa shape index (κ3) is 3.80. The van der Waals surface area contributed by atoms with Gasteiger partial charge in [0.05, 0.1) is 6.07 Å². The van der Waals surface area contributed by atoms with E-state index in [1.165, 1.54) is 6.07 Å². The van der Waals surface area contributed by atoms with Crippen molar-refractivity contribution in [3.8, 4) is 0 Å². The Morgan fingerprint density at radius 1 is 0.722 bits per heavy atom. The van der Waals surface area contributed by atoms with Crippen LogP contribution in [-0.4, -0.2) is 0 Å². The summed E-state index contributed by atoms with van der Waals surface area (Å²) in [5.41, 5.74) is 0. The number of halogens is 6. The lowest BCUT2D eigenvalue weighted by molar-refractivity contribution is 0.446. The summed E-state index contributed by atoms with van der Waals surface area (Å²) >= 11 is 0. The van der Waals surface area contributed by atoms with Gasteiger partial charge in [-0.3, -0.25) is 0 Å². The first-order valence-electron chi connectivity index (χ1n) is 4.46. The van der Waals surface area contributed by atoms with E-state index in [0.29, 0.717) is 6.07 Å². The molecule has 2 radical (unpaired) electrons. The lowest BCUT2D eigenvalue weighted by atomic mass is 10.3. The summed E-state index contributed by atoms with van der Waals surface area (Å²) in [5.74, 6) is -7.21. The molecule has 18 heavy (non-hydrogen) atoms. The van der Waals surface area contributed by atoms with Crippen LogP contribution in [0.4, 0.5) is 26.3 Å². The Labute approximate surface area is 98.5 Å². The first kappa shape index (κ1) is 14.1. The van der Waals surface area contributed by atoms with Gasteiger partial charge >= 0.3 is 0 Å². The molecule has 0 aromatic heterocycles. The van der Waals surface area contributed by atoms with Crippen LogP contribution in [0, 0.1) is 47.0 Å². The van der Waals surface area contributed by atoms with Gasteiger partial charge in [-0.1, -0.05) is 0 Å². The van der Waals surface area contributed by atoms with Crippen LogP contribution in [0.25, 0.3) is 0 Å². The number of hydrogen-bond acceptors (Lipinski definition) is 0. The number of benzene rings is 2. The van der Waals surface area contributed by atoms with Gasteiger partial charge in [0.15, 0.2) is 29.1 Å². The molecule has 2 aromatic carbocycles. The van der Waals surface area contributed by atoms with Crippen LogP contribution < -0.4 is 0 Å². The summed E-state index contributed by atoms with van der Waals surface area (Å²) in [5, 5.41) is 0. The van der Waals surface area contributed by atoms with Gasteiger partial charge in [0.2, 0.25) is 0 Å². The summed E-state index contributed by atoms with van der Waals surface area (Å²) in [7, 11) is 0. The summed E-state index contributed by atoms with van der Waals surface area (Å²) in [4.78, 5) is 0. The van der Waals surface area contributed by atoms with Crippen molar-refractivity contribution in [2.24, 2.45) is 0 Å². The molecule has 94 valence electrons. The normalized spacial score (nSPS) is 9.67. The Kier molecular flexibility index (Phi) is 4.76. The fraction of sp³-hybridized carbons (Fsp3) is 0. The van der Waals surface area contributed by atoms with Crippen LogP contribution in [0.1, 0.15) is 0 Å². The number of rotatable bonds is 0. The van der Waals surface area contributed by atoms with Gasteiger partial charge in [0.1, 0.15) is 5.82 Å². The minimum atomic E-state index is -1.47. The van der Waals surface area contributed by atoms with Crippen molar-refractivity contribution in [2.45, 2.75) is 0 Å². The van der Waals surface area contributed by atoms with Gasteiger partial charge in [-0.15, -0.1) is 0 Å². The van der Waals surface area contributed by atoms with E-state index in [-0.39, 0.29) is 0 Å². The van der Waals surface area contributed by atoms with Gasteiger partial charge in [-0.2, -0.15) is 0 Å². The molecule has 0 heterocycles. The fourth-order valence-corrected chi connectivity index (χ4v) is 0.855. The predicted molar refractivity (Wildman–Crippen MR) is 50.3 cm³/mol. The topological polar surface area (TPSA) is 0 Å². The van der Waals surface area contributed by atoms with Crippen LogP contribution in [0.5, 0.6) is 0 Å². The van der Waals surface area contributed by atoms with Crippen molar-refractivity contribution in [3.63, 3.8) is 0 Å². The van der Waals surface area contributed by atoms with Crippen LogP contribution in [0.3, 0.4) is 0 Å². The summed E-state index contributed by atoms with van der Waals surface area (Å²) < 4.78 is 71.5. The molecule has 0 bridgehead atoms. The van der Waals surface area contributed by atoms with E-state index in [4.69, 9.17) is 0 Å². The third-order valence-corrected chi connectivity index (χ3v) is 1.66. The summed E-state index contributed by atoms with van der Waals surface area (Å²) in [6.07, 6.45) is 0. The highest BCUT2D eigenvalue weighted by Crippen LogP contribution is 2.07. The van der Waals surface area contributed by atoms with E-state index in [9.17, 15) is 26.3 Å². The van der Waals surface area contributed by atoms with Gasteiger partial charge < -0.3 is 0 Å². The Morgan fingerprint density at radius 3 is 1.83 bits per heavy atom. The smallest absolute Gasteiger partial charge is 0.195 e. The molecular formula is C12H4F6. The Bertz CT molecular complexity index is 518. The third-order valence-electron chi connectivity index (χ3n) is 1.66. The molecule has 0 spiro atoms. The second-order valence-corrected chi connectivity index (χ2v) is 2.92. The quantitative estimate of drug-likeness (QED) is 0.385. The van der Waals surface area contributed by atoms with Crippen molar-refractivity contribution >= 4 is 0 Å². The van der Waals surface area contributed by atoms with Crippen LogP contribution >= 0.6 is 0 Å². The lowest BCUT2D eigenvalue weighted by Gasteiger charge is -1.89. The number of hydrogen-bond donors (Lipinski definition) is 0. The van der Waals surface area contributed by atoms with E-state index < -0.39 is 34.9 Å². The highest BCUT2D eigenvalue weighted by molar-refractivity contribution is 5.07. The zero-order valence-electron chi connectivity index (χ0n) is 8.58. The molecule has 2 rings (SSSR count). The van der Waals surface area contributed by atoms with Gasteiger partial charge in [0.25, 0.3) is 0 Å². The average molecular weight is 262 g/mol. The largest absolute Gasteiger partial charge is 0.206 e. The maximum absolute atomic E-state index is 11.9. The molecule has 0 N–H and O–H groups in total. The van der Waals surface area contributed by atoms with Crippen molar-refractivity contribution < 1.29 is 26.3 Å². The minimum absolute atomic E-state index is 0.709. The fourth-order valence-electron chi connectivity index (χ4n) is 0.855. The van der Waals surface area contributed by atoms with E-state index in [1.54, 1.807) is 0 Å². The van der Waals surface area contributed by atoms with E-state index in [1.807, 2.05) is 6.07 Å². The van der Waals surface area contributed by atoms with Crippen LogP contribution in [0.2, 0.25) is 0 Å². The average Bonchev–Trinajstić information content (AvgIpc) is 2.32. The van der Waals surface area contributed by atoms with Crippen molar-refractivity contribution in [1.82, 2.24) is 0 Å². The highest BCUT2D eigenvalue weighted by atomic mass is 19.2. The molecule has 0 atom stereocenters. The van der Waals surface area contributed by atoms with Gasteiger partial charge in [-0.25, -0.2) is 26.3 Å². The zero-order valence-corrected chi connectivity index (χ0v) is 8.58. The highest BCUT2D eigenvalue weighted by Gasteiger charge is 2.05. The molecule has 0 nitrogen and oxygen atoms in total. The standard InChI is InChI=1S/2C6H2F3/c7-4-1-2-5(8)6(9)3-4;7-4-2-1-3-5(8)6(4)9/h2*1-2H. The van der Waals surface area contributed by atoms with Crippen LogP contribution in [-0.2, 0) is 0 Å². The van der Waals surface area contributed by atoms with Crippen molar-refractivity contribution in [3.05, 3.63) is 71.3 Å². The SMILES string of the molecule is Fc1[c]c(F)c(F)cc1.Fc1[c]ccc(F)c1F. The van der Waals surface area contributed by atoms with Crippen LogP contribution in [0.15, 0.2) is 24.3 Å². The van der Waals surface area contributed by atoms with E-state index >= 15 is 0 Å². The summed E-state index contributed by atoms with van der Waals surface area (Å²) in [6.45, 7) is 0. The first-order chi connectivity index (χ1) is 8.41. The predicted octanol–water partition coefficient (Wildman–Crippen LogP) is 3.81. The monoisotopic (exact) mass is 262 g/mol. The van der Waals surface area contributed by atoms with Crippen molar-refractivity contribution in [2.75, 3.05) is 0 Å². The Balaban J connectivity index is 0.000000180. The molecule has 0 aliphatic heterocycles. The minimum Gasteiger partial charge on any atom is -0.206 e. The van der Waals surface area contributed by atoms with E-state index in [2.05, 4.69) is 0 Å². The molecule has 0 amide bonds. The van der Waals surface area contributed by atoms with Crippen molar-refractivity contribution in [1.29, 1.82) is 0 Å². The molecule has 0 fully saturated rings. The molecule has 2 aromatic rings. The molecule has 0 aliphatic rings. The zero-order chi connectivity index (χ0) is 13.7. The molecule has 6 heteroatoms. The Hall–Kier alpha value is -1.98. The van der Waals surface area contributed by atoms with Gasteiger partial charge in [0, 0.05) is 6.07 Å². The molecule has 0 saturated carbocycles. The van der Waals surface area contributed by atoms with Gasteiger partial charge in [-0.05, 0) is 24.3 Å². The maximum atomic E-state index is 11.9. The lowest BCUT2D eigenvalue weighted by Crippen LogP contribution is -1.87. The summed E-state index contributed by atoms with van der Waals surface area (Å²) in [6, 6.07) is 6.69. The molecule has 0 unspecified atom stereocenters. The van der Waals surface area contributed by atoms with E-state index in [0.717, 1.165) is 18.2 Å². The Morgan fingerprint density at radius 2 is 1.39 bits per heavy atom. The first-order valence-corrected chi connectivity index (χ1v) is 4.46.